The lowest BCUT2D eigenvalue weighted by molar-refractivity contribution is -0.150. The molecular formula is C13H25NO2. The van der Waals surface area contributed by atoms with E-state index in [1.807, 2.05) is 0 Å². The van der Waals surface area contributed by atoms with Gasteiger partial charge < -0.3 is 10.5 Å². The molecule has 1 fully saturated rings. The van der Waals surface area contributed by atoms with Crippen LogP contribution < -0.4 is 5.73 Å². The van der Waals surface area contributed by atoms with Gasteiger partial charge in [0, 0.05) is 6.04 Å². The number of unbranched alkanes of at least 4 members (excludes halogenated alkanes) is 1. The maximum Gasteiger partial charge on any atom is 0.308 e. The first-order valence-electron chi connectivity index (χ1n) is 6.57. The molecular weight excluding hydrogens is 202 g/mol. The SMILES string of the molecule is CCCCOC(=O)C1CCC(C(C)N)CC1. The van der Waals surface area contributed by atoms with E-state index in [1.54, 1.807) is 0 Å². The number of ether oxygens (including phenoxy) is 1. The topological polar surface area (TPSA) is 52.3 Å². The molecule has 0 amide bonds. The first-order valence-corrected chi connectivity index (χ1v) is 6.57. The van der Waals surface area contributed by atoms with Crippen molar-refractivity contribution in [2.24, 2.45) is 17.6 Å². The molecule has 1 saturated carbocycles. The molecule has 0 aromatic heterocycles. The zero-order chi connectivity index (χ0) is 12.0. The second-order valence-electron chi connectivity index (χ2n) is 4.99. The van der Waals surface area contributed by atoms with Crippen molar-refractivity contribution in [3.8, 4) is 0 Å². The summed E-state index contributed by atoms with van der Waals surface area (Å²) in [5.74, 6) is 0.739. The molecule has 3 heteroatoms. The molecule has 0 aromatic carbocycles. The minimum atomic E-state index is 0.0107. The second kappa shape index (κ2) is 6.89. The fourth-order valence-electron chi connectivity index (χ4n) is 2.32. The number of hydrogen-bond donors (Lipinski definition) is 1. The van der Waals surface area contributed by atoms with Crippen LogP contribution in [0.15, 0.2) is 0 Å². The van der Waals surface area contributed by atoms with Crippen molar-refractivity contribution < 1.29 is 9.53 Å². The van der Waals surface area contributed by atoms with Crippen LogP contribution in [0.3, 0.4) is 0 Å². The van der Waals surface area contributed by atoms with Gasteiger partial charge in [-0.2, -0.15) is 0 Å². The Kier molecular flexibility index (Phi) is 5.81. The number of esters is 1. The van der Waals surface area contributed by atoms with E-state index < -0.39 is 0 Å². The smallest absolute Gasteiger partial charge is 0.308 e. The standard InChI is InChI=1S/C13H25NO2/c1-3-4-9-16-13(15)12-7-5-11(6-8-12)10(2)14/h10-12H,3-9,14H2,1-2H3. The summed E-state index contributed by atoms with van der Waals surface area (Å²) < 4.78 is 5.25. The summed E-state index contributed by atoms with van der Waals surface area (Å²) in [5.41, 5.74) is 5.87. The molecule has 0 radical (unpaired) electrons. The second-order valence-corrected chi connectivity index (χ2v) is 4.99. The highest BCUT2D eigenvalue weighted by atomic mass is 16.5. The highest BCUT2D eigenvalue weighted by molar-refractivity contribution is 5.72. The summed E-state index contributed by atoms with van der Waals surface area (Å²) in [7, 11) is 0. The quantitative estimate of drug-likeness (QED) is 0.580. The highest BCUT2D eigenvalue weighted by Gasteiger charge is 2.28. The molecule has 16 heavy (non-hydrogen) atoms. The molecule has 0 heterocycles. The van der Waals surface area contributed by atoms with Crippen molar-refractivity contribution in [1.29, 1.82) is 0 Å². The van der Waals surface area contributed by atoms with Crippen molar-refractivity contribution in [1.82, 2.24) is 0 Å². The van der Waals surface area contributed by atoms with Gasteiger partial charge >= 0.3 is 5.97 Å². The van der Waals surface area contributed by atoms with Gasteiger partial charge in [0.15, 0.2) is 0 Å². The third-order valence-corrected chi connectivity index (χ3v) is 3.59. The fourth-order valence-corrected chi connectivity index (χ4v) is 2.32. The van der Waals surface area contributed by atoms with E-state index in [2.05, 4.69) is 13.8 Å². The van der Waals surface area contributed by atoms with E-state index in [9.17, 15) is 4.79 Å². The molecule has 1 rings (SSSR count). The normalized spacial score (nSPS) is 27.4. The van der Waals surface area contributed by atoms with Gasteiger partial charge in [-0.1, -0.05) is 13.3 Å². The molecule has 2 N–H and O–H groups in total. The summed E-state index contributed by atoms with van der Waals surface area (Å²) in [5, 5.41) is 0. The molecule has 0 saturated heterocycles. The lowest BCUT2D eigenvalue weighted by Gasteiger charge is -2.29. The minimum Gasteiger partial charge on any atom is -0.465 e. The minimum absolute atomic E-state index is 0.0107. The molecule has 0 aliphatic heterocycles. The van der Waals surface area contributed by atoms with E-state index in [4.69, 9.17) is 10.5 Å². The van der Waals surface area contributed by atoms with E-state index in [0.29, 0.717) is 12.5 Å². The lowest BCUT2D eigenvalue weighted by Crippen LogP contribution is -2.32. The van der Waals surface area contributed by atoms with Crippen LogP contribution >= 0.6 is 0 Å². The summed E-state index contributed by atoms with van der Waals surface area (Å²) in [4.78, 5) is 11.7. The predicted molar refractivity (Wildman–Crippen MR) is 65.0 cm³/mol. The number of nitrogens with two attached hydrogens (primary N) is 1. The maximum atomic E-state index is 11.7. The Hall–Kier alpha value is -0.570. The first-order chi connectivity index (χ1) is 7.65. The Morgan fingerprint density at radius 3 is 2.50 bits per heavy atom. The van der Waals surface area contributed by atoms with E-state index in [0.717, 1.165) is 38.5 Å². The molecule has 0 aromatic rings. The van der Waals surface area contributed by atoms with Crippen LogP contribution in [0, 0.1) is 11.8 Å². The highest BCUT2D eigenvalue weighted by Crippen LogP contribution is 2.30. The van der Waals surface area contributed by atoms with Gasteiger partial charge in [-0.05, 0) is 44.9 Å². The third-order valence-electron chi connectivity index (χ3n) is 3.59. The zero-order valence-electron chi connectivity index (χ0n) is 10.6. The molecule has 1 aliphatic rings. The lowest BCUT2D eigenvalue weighted by atomic mass is 9.79. The Morgan fingerprint density at radius 2 is 2.00 bits per heavy atom. The van der Waals surface area contributed by atoms with Gasteiger partial charge in [0.1, 0.15) is 0 Å². The third kappa shape index (κ3) is 4.12. The van der Waals surface area contributed by atoms with Gasteiger partial charge in [0.2, 0.25) is 0 Å². The van der Waals surface area contributed by atoms with Gasteiger partial charge in [-0.25, -0.2) is 0 Å². The maximum absolute atomic E-state index is 11.7. The largest absolute Gasteiger partial charge is 0.465 e. The molecule has 0 spiro atoms. The van der Waals surface area contributed by atoms with Crippen LogP contribution in [-0.4, -0.2) is 18.6 Å². The number of carbonyl (C=O) groups is 1. The van der Waals surface area contributed by atoms with Crippen LogP contribution in [-0.2, 0) is 9.53 Å². The van der Waals surface area contributed by atoms with E-state index in [1.165, 1.54) is 0 Å². The van der Waals surface area contributed by atoms with E-state index in [-0.39, 0.29) is 17.9 Å². The number of carbonyl (C=O) groups excluding carboxylic acids is 1. The van der Waals surface area contributed by atoms with Crippen molar-refractivity contribution >= 4 is 5.97 Å². The van der Waals surface area contributed by atoms with Crippen LogP contribution in [0.4, 0.5) is 0 Å². The average molecular weight is 227 g/mol. The molecule has 3 nitrogen and oxygen atoms in total. The Labute approximate surface area is 98.7 Å². The van der Waals surface area contributed by atoms with Crippen molar-refractivity contribution in [2.75, 3.05) is 6.61 Å². The summed E-state index contributed by atoms with van der Waals surface area (Å²) in [6, 6.07) is 0.261. The van der Waals surface area contributed by atoms with Gasteiger partial charge in [0.05, 0.1) is 12.5 Å². The summed E-state index contributed by atoms with van der Waals surface area (Å²) in [6.45, 7) is 4.74. The van der Waals surface area contributed by atoms with Crippen LogP contribution in [0.25, 0.3) is 0 Å². The Bertz CT molecular complexity index is 208. The zero-order valence-corrected chi connectivity index (χ0v) is 10.6. The van der Waals surface area contributed by atoms with Gasteiger partial charge in [0.25, 0.3) is 0 Å². The van der Waals surface area contributed by atoms with E-state index >= 15 is 0 Å². The monoisotopic (exact) mass is 227 g/mol. The number of hydrogen-bond acceptors (Lipinski definition) is 3. The number of rotatable bonds is 5. The molecule has 1 aliphatic carbocycles. The van der Waals surface area contributed by atoms with Crippen LogP contribution in [0.5, 0.6) is 0 Å². The first kappa shape index (κ1) is 13.5. The van der Waals surface area contributed by atoms with Crippen LogP contribution in [0.1, 0.15) is 52.4 Å². The van der Waals surface area contributed by atoms with Gasteiger partial charge in [-0.15, -0.1) is 0 Å². The Morgan fingerprint density at radius 1 is 1.38 bits per heavy atom. The molecule has 94 valence electrons. The Balaban J connectivity index is 2.22. The van der Waals surface area contributed by atoms with Crippen molar-refractivity contribution in [3.05, 3.63) is 0 Å². The van der Waals surface area contributed by atoms with Crippen molar-refractivity contribution in [2.45, 2.75) is 58.4 Å². The van der Waals surface area contributed by atoms with Crippen molar-refractivity contribution in [3.63, 3.8) is 0 Å². The fraction of sp³-hybridized carbons (Fsp3) is 0.923. The summed E-state index contributed by atoms with van der Waals surface area (Å²) >= 11 is 0. The molecule has 1 unspecified atom stereocenters. The molecule has 0 bridgehead atoms. The predicted octanol–water partition coefficient (Wildman–Crippen LogP) is 2.48. The van der Waals surface area contributed by atoms with Gasteiger partial charge in [-0.3, -0.25) is 4.79 Å². The molecule has 1 atom stereocenters. The summed E-state index contributed by atoms with van der Waals surface area (Å²) in [6.07, 6.45) is 6.11. The van der Waals surface area contributed by atoms with Crippen LogP contribution in [0.2, 0.25) is 0 Å². The average Bonchev–Trinajstić information content (AvgIpc) is 2.29.